The van der Waals surface area contributed by atoms with Crippen molar-refractivity contribution in [2.45, 2.75) is 46.2 Å². The van der Waals surface area contributed by atoms with Gasteiger partial charge in [0.1, 0.15) is 5.82 Å². The van der Waals surface area contributed by atoms with Crippen LogP contribution in [0.5, 0.6) is 0 Å². The van der Waals surface area contributed by atoms with Gasteiger partial charge in [0, 0.05) is 30.9 Å². The normalized spacial score (nSPS) is 12.9. The maximum Gasteiger partial charge on any atom is 0.111 e. The monoisotopic (exact) mass is 257 g/mol. The fraction of sp³-hybridized carbons (Fsp3) is 0.438. The average molecular weight is 257 g/mol. The smallest absolute Gasteiger partial charge is 0.111 e. The Kier molecular flexibility index (Phi) is 4.05. The molecule has 0 saturated carbocycles. The summed E-state index contributed by atoms with van der Waals surface area (Å²) in [6.45, 7) is 9.31. The van der Waals surface area contributed by atoms with Crippen LogP contribution in [0.4, 0.5) is 0 Å². The maximum absolute atomic E-state index is 6.36. The second-order valence-electron chi connectivity index (χ2n) is 5.56. The third-order valence-electron chi connectivity index (χ3n) is 3.48. The van der Waals surface area contributed by atoms with Gasteiger partial charge < -0.3 is 10.3 Å². The predicted octanol–water partition coefficient (Wildman–Crippen LogP) is 3.32. The Labute approximate surface area is 115 Å². The summed E-state index contributed by atoms with van der Waals surface area (Å²) in [5.74, 6) is 1.52. The maximum atomic E-state index is 6.36. The van der Waals surface area contributed by atoms with E-state index in [-0.39, 0.29) is 6.04 Å². The van der Waals surface area contributed by atoms with Crippen molar-refractivity contribution in [2.24, 2.45) is 5.73 Å². The van der Waals surface area contributed by atoms with E-state index in [1.54, 1.807) is 0 Å². The van der Waals surface area contributed by atoms with E-state index < -0.39 is 0 Å². The summed E-state index contributed by atoms with van der Waals surface area (Å²) in [7, 11) is 0. The highest BCUT2D eigenvalue weighted by Crippen LogP contribution is 2.20. The number of hydrogen-bond acceptors (Lipinski definition) is 2. The van der Waals surface area contributed by atoms with Gasteiger partial charge in [-0.2, -0.15) is 0 Å². The van der Waals surface area contributed by atoms with Crippen molar-refractivity contribution < 1.29 is 0 Å². The highest BCUT2D eigenvalue weighted by atomic mass is 15.1. The summed E-state index contributed by atoms with van der Waals surface area (Å²) in [5, 5.41) is 0. The van der Waals surface area contributed by atoms with Crippen molar-refractivity contribution in [1.82, 2.24) is 9.55 Å². The molecule has 0 radical (unpaired) electrons. The Morgan fingerprint density at radius 1 is 1.26 bits per heavy atom. The van der Waals surface area contributed by atoms with E-state index in [1.165, 1.54) is 16.7 Å². The van der Waals surface area contributed by atoms with E-state index >= 15 is 0 Å². The third-order valence-corrected chi connectivity index (χ3v) is 3.48. The highest BCUT2D eigenvalue weighted by molar-refractivity contribution is 5.32. The van der Waals surface area contributed by atoms with Gasteiger partial charge in [-0.25, -0.2) is 4.98 Å². The average Bonchev–Trinajstić information content (AvgIpc) is 2.76. The summed E-state index contributed by atoms with van der Waals surface area (Å²) >= 11 is 0. The lowest BCUT2D eigenvalue weighted by molar-refractivity contribution is 0.540. The van der Waals surface area contributed by atoms with Crippen LogP contribution in [0.2, 0.25) is 0 Å². The van der Waals surface area contributed by atoms with Gasteiger partial charge in [0.2, 0.25) is 0 Å². The van der Waals surface area contributed by atoms with Crippen LogP contribution < -0.4 is 5.73 Å². The predicted molar refractivity (Wildman–Crippen MR) is 79.2 cm³/mol. The number of imidazole rings is 1. The summed E-state index contributed by atoms with van der Waals surface area (Å²) < 4.78 is 2.16. The minimum atomic E-state index is 0.00676. The minimum absolute atomic E-state index is 0.00676. The number of aryl methyl sites for hydroxylation is 2. The fourth-order valence-corrected chi connectivity index (χ4v) is 2.53. The lowest BCUT2D eigenvalue weighted by Gasteiger charge is -2.18. The first-order chi connectivity index (χ1) is 8.99. The van der Waals surface area contributed by atoms with E-state index in [0.717, 1.165) is 12.4 Å². The van der Waals surface area contributed by atoms with E-state index in [1.807, 2.05) is 12.4 Å². The van der Waals surface area contributed by atoms with Crippen LogP contribution in [0.3, 0.4) is 0 Å². The first-order valence-electron chi connectivity index (χ1n) is 6.82. The Hall–Kier alpha value is -1.61. The molecule has 2 N–H and O–H groups in total. The number of hydrogen-bond donors (Lipinski definition) is 1. The molecule has 102 valence electrons. The second-order valence-corrected chi connectivity index (χ2v) is 5.56. The van der Waals surface area contributed by atoms with Gasteiger partial charge in [-0.3, -0.25) is 0 Å². The van der Waals surface area contributed by atoms with E-state index in [0.29, 0.717) is 5.92 Å². The molecule has 0 aliphatic rings. The van der Waals surface area contributed by atoms with Gasteiger partial charge in [0.25, 0.3) is 0 Å². The molecular weight excluding hydrogens is 234 g/mol. The molecule has 3 nitrogen and oxygen atoms in total. The molecular formula is C16H23N3. The van der Waals surface area contributed by atoms with Gasteiger partial charge >= 0.3 is 0 Å². The van der Waals surface area contributed by atoms with Crippen molar-refractivity contribution in [2.75, 3.05) is 0 Å². The molecule has 2 rings (SSSR count). The number of aromatic nitrogens is 2. The SMILES string of the molecule is Cc1ccc(C(N)Cn2ccnc2C(C)C)c(C)c1. The molecule has 0 saturated heterocycles. The van der Waals surface area contributed by atoms with Crippen LogP contribution in [0.1, 0.15) is 48.3 Å². The number of nitrogens with zero attached hydrogens (tertiary/aromatic N) is 2. The topological polar surface area (TPSA) is 43.8 Å². The molecule has 1 heterocycles. The van der Waals surface area contributed by atoms with Gasteiger partial charge in [-0.1, -0.05) is 37.6 Å². The second kappa shape index (κ2) is 5.57. The molecule has 0 aliphatic heterocycles. The molecule has 0 fully saturated rings. The van der Waals surface area contributed by atoms with Crippen molar-refractivity contribution in [3.8, 4) is 0 Å². The lowest BCUT2D eigenvalue weighted by Crippen LogP contribution is -2.20. The first-order valence-corrected chi connectivity index (χ1v) is 6.82. The molecule has 1 unspecified atom stereocenters. The molecule has 0 bridgehead atoms. The van der Waals surface area contributed by atoms with Crippen LogP contribution in [-0.4, -0.2) is 9.55 Å². The van der Waals surface area contributed by atoms with Crippen LogP contribution in [-0.2, 0) is 6.54 Å². The van der Waals surface area contributed by atoms with Gasteiger partial charge in [-0.05, 0) is 25.0 Å². The molecule has 3 heteroatoms. The molecule has 0 amide bonds. The largest absolute Gasteiger partial charge is 0.333 e. The van der Waals surface area contributed by atoms with Crippen LogP contribution >= 0.6 is 0 Å². The zero-order chi connectivity index (χ0) is 14.0. The number of nitrogens with two attached hydrogens (primary N) is 1. The van der Waals surface area contributed by atoms with Gasteiger partial charge in [0.15, 0.2) is 0 Å². The summed E-state index contributed by atoms with van der Waals surface area (Å²) in [6, 6.07) is 6.46. The van der Waals surface area contributed by atoms with Crippen molar-refractivity contribution in [1.29, 1.82) is 0 Å². The molecule has 19 heavy (non-hydrogen) atoms. The minimum Gasteiger partial charge on any atom is -0.333 e. The summed E-state index contributed by atoms with van der Waals surface area (Å²) in [5.41, 5.74) is 10.1. The highest BCUT2D eigenvalue weighted by Gasteiger charge is 2.13. The molecule has 1 atom stereocenters. The quantitative estimate of drug-likeness (QED) is 0.913. The molecule has 1 aromatic carbocycles. The van der Waals surface area contributed by atoms with Crippen molar-refractivity contribution in [3.63, 3.8) is 0 Å². The zero-order valence-electron chi connectivity index (χ0n) is 12.2. The number of benzene rings is 1. The van der Waals surface area contributed by atoms with Crippen molar-refractivity contribution in [3.05, 3.63) is 53.1 Å². The van der Waals surface area contributed by atoms with E-state index in [9.17, 15) is 0 Å². The first kappa shape index (κ1) is 13.8. The summed E-state index contributed by atoms with van der Waals surface area (Å²) in [4.78, 5) is 4.41. The zero-order valence-corrected chi connectivity index (χ0v) is 12.2. The van der Waals surface area contributed by atoms with Gasteiger partial charge in [0.05, 0.1) is 0 Å². The fourth-order valence-electron chi connectivity index (χ4n) is 2.53. The van der Waals surface area contributed by atoms with Crippen LogP contribution in [0.25, 0.3) is 0 Å². The molecule has 0 aliphatic carbocycles. The van der Waals surface area contributed by atoms with Gasteiger partial charge in [-0.15, -0.1) is 0 Å². The standard InChI is InChI=1S/C16H23N3/c1-11(2)16-18-7-8-19(16)10-15(17)14-6-5-12(3)9-13(14)4/h5-9,11,15H,10,17H2,1-4H3. The Balaban J connectivity index is 2.21. The third kappa shape index (κ3) is 3.04. The van der Waals surface area contributed by atoms with Crippen LogP contribution in [0, 0.1) is 13.8 Å². The molecule has 0 spiro atoms. The van der Waals surface area contributed by atoms with E-state index in [2.05, 4.69) is 55.4 Å². The Bertz CT molecular complexity index is 555. The van der Waals surface area contributed by atoms with Crippen LogP contribution in [0.15, 0.2) is 30.6 Å². The van der Waals surface area contributed by atoms with Crippen molar-refractivity contribution >= 4 is 0 Å². The molecule has 2 aromatic rings. The number of rotatable bonds is 4. The lowest BCUT2D eigenvalue weighted by atomic mass is 9.99. The molecule has 1 aromatic heterocycles. The van der Waals surface area contributed by atoms with E-state index in [4.69, 9.17) is 5.73 Å². The Morgan fingerprint density at radius 3 is 2.63 bits per heavy atom. The summed E-state index contributed by atoms with van der Waals surface area (Å²) in [6.07, 6.45) is 3.86. The Morgan fingerprint density at radius 2 is 2.00 bits per heavy atom.